The van der Waals surface area contributed by atoms with Gasteiger partial charge < -0.3 is 10.5 Å². The number of ether oxygens (including phenoxy) is 1. The first-order chi connectivity index (χ1) is 14.0. The zero-order valence-corrected chi connectivity index (χ0v) is 15.1. The first-order valence-electron chi connectivity index (χ1n) is 8.78. The fourth-order valence-electron chi connectivity index (χ4n) is 3.35. The van der Waals surface area contributed by atoms with Gasteiger partial charge >= 0.3 is 5.97 Å². The van der Waals surface area contributed by atoms with Crippen LogP contribution in [0.5, 0.6) is 0 Å². The smallest absolute Gasteiger partial charge is 0.340 e. The van der Waals surface area contributed by atoms with Crippen molar-refractivity contribution < 1.29 is 19.1 Å². The first kappa shape index (κ1) is 18.1. The molecule has 1 aliphatic rings. The van der Waals surface area contributed by atoms with E-state index in [1.54, 1.807) is 48.5 Å². The van der Waals surface area contributed by atoms with E-state index in [1.165, 1.54) is 12.1 Å². The number of nitrogens with zero attached hydrogens (tertiary/aromatic N) is 1. The second-order valence-electron chi connectivity index (χ2n) is 6.54. The summed E-state index contributed by atoms with van der Waals surface area (Å²) in [6.45, 7) is -0.0550. The van der Waals surface area contributed by atoms with Crippen LogP contribution in [0, 0.1) is 11.3 Å². The minimum absolute atomic E-state index is 0.0146. The van der Waals surface area contributed by atoms with Gasteiger partial charge in [-0.05, 0) is 29.8 Å². The van der Waals surface area contributed by atoms with Crippen LogP contribution in [-0.4, -0.2) is 17.5 Å². The highest BCUT2D eigenvalue weighted by Gasteiger charge is 2.33. The molecule has 29 heavy (non-hydrogen) atoms. The van der Waals surface area contributed by atoms with Gasteiger partial charge in [-0.2, -0.15) is 5.26 Å². The number of carbonyl (C=O) groups is 3. The maximum atomic E-state index is 12.9. The number of fused-ring (bicyclic) bond motifs is 2. The van der Waals surface area contributed by atoms with E-state index in [0.29, 0.717) is 16.7 Å². The average Bonchev–Trinajstić information content (AvgIpc) is 2.75. The standard InChI is InChI=1S/C23H14N2O4/c24-11-13-4-3-5-14(10-13)12-29-23(28)18-9-8-17-19(20(18)25)22(27)16-7-2-1-6-15(16)21(17)26/h1-10H,12,25H2. The minimum atomic E-state index is -0.716. The number of hydrogen-bond donors (Lipinski definition) is 1. The molecule has 0 unspecified atom stereocenters. The van der Waals surface area contributed by atoms with Gasteiger partial charge in [0.25, 0.3) is 0 Å². The van der Waals surface area contributed by atoms with E-state index in [-0.39, 0.29) is 40.3 Å². The Balaban J connectivity index is 1.65. The van der Waals surface area contributed by atoms with Gasteiger partial charge in [-0.25, -0.2) is 4.79 Å². The number of hydrogen-bond acceptors (Lipinski definition) is 6. The number of nitrogen functional groups attached to an aromatic ring is 1. The second kappa shape index (κ2) is 7.06. The number of ketones is 2. The third-order valence-corrected chi connectivity index (χ3v) is 4.78. The summed E-state index contributed by atoms with van der Waals surface area (Å²) < 4.78 is 5.29. The predicted molar refractivity (Wildman–Crippen MR) is 104 cm³/mol. The second-order valence-corrected chi connectivity index (χ2v) is 6.54. The van der Waals surface area contributed by atoms with Crippen LogP contribution in [0.1, 0.15) is 53.3 Å². The molecule has 1 aliphatic carbocycles. The van der Waals surface area contributed by atoms with Crippen molar-refractivity contribution in [3.8, 4) is 6.07 Å². The van der Waals surface area contributed by atoms with Crippen LogP contribution in [0.25, 0.3) is 0 Å². The summed E-state index contributed by atoms with van der Waals surface area (Å²) in [5.74, 6) is -1.43. The molecule has 6 heteroatoms. The highest BCUT2D eigenvalue weighted by Crippen LogP contribution is 2.33. The lowest BCUT2D eigenvalue weighted by Gasteiger charge is -2.20. The maximum Gasteiger partial charge on any atom is 0.340 e. The zero-order valence-electron chi connectivity index (χ0n) is 15.1. The summed E-state index contributed by atoms with van der Waals surface area (Å²) in [7, 11) is 0. The molecule has 0 saturated carbocycles. The molecule has 0 radical (unpaired) electrons. The van der Waals surface area contributed by atoms with Gasteiger partial charge in [-0.3, -0.25) is 9.59 Å². The van der Waals surface area contributed by atoms with E-state index in [4.69, 9.17) is 15.7 Å². The van der Waals surface area contributed by atoms with Gasteiger partial charge in [0.2, 0.25) is 0 Å². The van der Waals surface area contributed by atoms with Gasteiger partial charge in [0, 0.05) is 16.7 Å². The van der Waals surface area contributed by atoms with Crippen LogP contribution in [0.2, 0.25) is 0 Å². The van der Waals surface area contributed by atoms with Crippen molar-refractivity contribution in [3.63, 3.8) is 0 Å². The molecule has 4 rings (SSSR count). The Labute approximate surface area is 166 Å². The van der Waals surface area contributed by atoms with Crippen molar-refractivity contribution in [3.05, 3.63) is 99.6 Å². The molecular weight excluding hydrogens is 368 g/mol. The van der Waals surface area contributed by atoms with Crippen molar-refractivity contribution in [2.75, 3.05) is 5.73 Å². The number of nitrogens with two attached hydrogens (primary N) is 1. The number of anilines is 1. The lowest BCUT2D eigenvalue weighted by atomic mass is 9.82. The van der Waals surface area contributed by atoms with Gasteiger partial charge in [-0.1, -0.05) is 36.4 Å². The molecule has 6 nitrogen and oxygen atoms in total. The van der Waals surface area contributed by atoms with Gasteiger partial charge in [0.1, 0.15) is 6.61 Å². The average molecular weight is 382 g/mol. The van der Waals surface area contributed by atoms with Crippen LogP contribution >= 0.6 is 0 Å². The molecule has 0 aromatic heterocycles. The molecule has 3 aromatic rings. The van der Waals surface area contributed by atoms with E-state index in [9.17, 15) is 14.4 Å². The largest absolute Gasteiger partial charge is 0.457 e. The molecule has 0 aliphatic heterocycles. The summed E-state index contributed by atoms with van der Waals surface area (Å²) >= 11 is 0. The van der Waals surface area contributed by atoms with Crippen molar-refractivity contribution in [1.29, 1.82) is 5.26 Å². The summed E-state index contributed by atoms with van der Waals surface area (Å²) in [5.41, 5.74) is 7.92. The number of rotatable bonds is 3. The predicted octanol–water partition coefficient (Wildman–Crippen LogP) is 3.27. The third kappa shape index (κ3) is 3.05. The zero-order chi connectivity index (χ0) is 20.5. The van der Waals surface area contributed by atoms with Crippen LogP contribution in [0.4, 0.5) is 5.69 Å². The molecule has 0 amide bonds. The van der Waals surface area contributed by atoms with Gasteiger partial charge in [-0.15, -0.1) is 0 Å². The summed E-state index contributed by atoms with van der Waals surface area (Å²) in [6, 6.07) is 18.0. The monoisotopic (exact) mass is 382 g/mol. The lowest BCUT2D eigenvalue weighted by molar-refractivity contribution is 0.0473. The maximum absolute atomic E-state index is 12.9. The van der Waals surface area contributed by atoms with Crippen molar-refractivity contribution in [2.45, 2.75) is 6.61 Å². The van der Waals surface area contributed by atoms with Gasteiger partial charge in [0.15, 0.2) is 11.6 Å². The SMILES string of the molecule is N#Cc1cccc(COC(=O)c2ccc3c(c2N)C(=O)c2ccccc2C3=O)c1. The summed E-state index contributed by atoms with van der Waals surface area (Å²) in [4.78, 5) is 38.1. The number of nitriles is 1. The molecule has 0 heterocycles. The van der Waals surface area contributed by atoms with Crippen LogP contribution in [0.3, 0.4) is 0 Å². The number of benzene rings is 3. The fourth-order valence-corrected chi connectivity index (χ4v) is 3.35. The fraction of sp³-hybridized carbons (Fsp3) is 0.0435. The van der Waals surface area contributed by atoms with Crippen LogP contribution < -0.4 is 5.73 Å². The van der Waals surface area contributed by atoms with E-state index in [2.05, 4.69) is 0 Å². The van der Waals surface area contributed by atoms with Crippen LogP contribution in [0.15, 0.2) is 60.7 Å². The van der Waals surface area contributed by atoms with Crippen LogP contribution in [-0.2, 0) is 11.3 Å². The topological polar surface area (TPSA) is 110 Å². The summed E-state index contributed by atoms with van der Waals surface area (Å²) in [6.07, 6.45) is 0. The summed E-state index contributed by atoms with van der Waals surface area (Å²) in [5, 5.41) is 8.95. The Morgan fingerprint density at radius 3 is 2.38 bits per heavy atom. The first-order valence-corrected chi connectivity index (χ1v) is 8.78. The Hall–Kier alpha value is -4.24. The van der Waals surface area contributed by atoms with Crippen molar-refractivity contribution in [2.24, 2.45) is 0 Å². The highest BCUT2D eigenvalue weighted by molar-refractivity contribution is 6.30. The Bertz CT molecular complexity index is 1240. The lowest BCUT2D eigenvalue weighted by Crippen LogP contribution is -2.24. The molecule has 0 fully saturated rings. The molecule has 0 atom stereocenters. The third-order valence-electron chi connectivity index (χ3n) is 4.78. The van der Waals surface area contributed by atoms with E-state index in [0.717, 1.165) is 0 Å². The molecule has 2 N–H and O–H groups in total. The quantitative estimate of drug-likeness (QED) is 0.430. The minimum Gasteiger partial charge on any atom is -0.457 e. The molecule has 0 bridgehead atoms. The molecule has 3 aromatic carbocycles. The van der Waals surface area contributed by atoms with E-state index >= 15 is 0 Å². The molecule has 0 spiro atoms. The normalized spacial score (nSPS) is 12.0. The van der Waals surface area contributed by atoms with Crippen molar-refractivity contribution >= 4 is 23.2 Å². The highest BCUT2D eigenvalue weighted by atomic mass is 16.5. The van der Waals surface area contributed by atoms with Gasteiger partial charge in [0.05, 0.1) is 28.4 Å². The van der Waals surface area contributed by atoms with E-state index in [1.807, 2.05) is 6.07 Å². The molecule has 0 saturated heterocycles. The molecule has 140 valence electrons. The van der Waals surface area contributed by atoms with E-state index < -0.39 is 11.8 Å². The Morgan fingerprint density at radius 1 is 0.931 bits per heavy atom. The number of carbonyl (C=O) groups excluding carboxylic acids is 3. The molecular formula is C23H14N2O4. The Morgan fingerprint density at radius 2 is 1.66 bits per heavy atom. The van der Waals surface area contributed by atoms with Crippen molar-refractivity contribution in [1.82, 2.24) is 0 Å². The number of esters is 1. The Kier molecular flexibility index (Phi) is 4.41.